The van der Waals surface area contributed by atoms with Crippen LogP contribution in [0.3, 0.4) is 0 Å². The average molecular weight is 232 g/mol. The lowest BCUT2D eigenvalue weighted by atomic mass is 10.2. The summed E-state index contributed by atoms with van der Waals surface area (Å²) in [5.41, 5.74) is 1.57. The fourth-order valence-electron chi connectivity index (χ4n) is 1.59. The van der Waals surface area contributed by atoms with Crippen LogP contribution < -0.4 is 5.56 Å². The molecular formula is C10H8N4OS. The molecule has 0 radical (unpaired) electrons. The van der Waals surface area contributed by atoms with Crippen molar-refractivity contribution in [1.29, 1.82) is 0 Å². The molecule has 0 atom stereocenters. The van der Waals surface area contributed by atoms with Crippen LogP contribution in [0, 0.1) is 0 Å². The Morgan fingerprint density at radius 2 is 2.06 bits per heavy atom. The highest BCUT2D eigenvalue weighted by Gasteiger charge is 2.18. The van der Waals surface area contributed by atoms with E-state index in [2.05, 4.69) is 19.9 Å². The predicted octanol–water partition coefficient (Wildman–Crippen LogP) is 0.974. The van der Waals surface area contributed by atoms with E-state index >= 15 is 0 Å². The monoisotopic (exact) mass is 232 g/mol. The van der Waals surface area contributed by atoms with Gasteiger partial charge in [-0.3, -0.25) is 4.79 Å². The Balaban J connectivity index is 2.17. The number of nitrogens with one attached hydrogen (secondary N) is 1. The predicted molar refractivity (Wildman–Crippen MR) is 60.9 cm³/mol. The number of nitrogens with zero attached hydrogens (tertiary/aromatic N) is 3. The van der Waals surface area contributed by atoms with Gasteiger partial charge in [0.15, 0.2) is 11.6 Å². The summed E-state index contributed by atoms with van der Waals surface area (Å²) in [6.07, 6.45) is 3.26. The molecule has 3 heterocycles. The maximum absolute atomic E-state index is 11.7. The first-order valence-electron chi connectivity index (χ1n) is 4.82. The number of H-pyrrole nitrogens is 1. The van der Waals surface area contributed by atoms with Crippen LogP contribution >= 0.6 is 11.8 Å². The molecular weight excluding hydrogens is 224 g/mol. The summed E-state index contributed by atoms with van der Waals surface area (Å²) in [6.45, 7) is 0. The molecule has 2 aromatic heterocycles. The van der Waals surface area contributed by atoms with E-state index in [1.807, 2.05) is 0 Å². The minimum absolute atomic E-state index is 0.0718. The third-order valence-corrected chi connectivity index (χ3v) is 3.33. The number of hydrogen-bond donors (Lipinski definition) is 1. The zero-order valence-electron chi connectivity index (χ0n) is 8.30. The SMILES string of the molecule is O=c1[nH]c(-c2ncccn2)nc2c1CSC2. The minimum Gasteiger partial charge on any atom is -0.304 e. The summed E-state index contributed by atoms with van der Waals surface area (Å²) in [4.78, 5) is 27.0. The van der Waals surface area contributed by atoms with Gasteiger partial charge in [-0.25, -0.2) is 15.0 Å². The third-order valence-electron chi connectivity index (χ3n) is 2.36. The molecule has 2 aromatic rings. The molecule has 1 aliphatic rings. The van der Waals surface area contributed by atoms with Crippen molar-refractivity contribution in [2.75, 3.05) is 0 Å². The highest BCUT2D eigenvalue weighted by atomic mass is 32.2. The van der Waals surface area contributed by atoms with E-state index in [0.29, 0.717) is 11.6 Å². The van der Waals surface area contributed by atoms with Gasteiger partial charge in [-0.15, -0.1) is 0 Å². The van der Waals surface area contributed by atoms with Gasteiger partial charge in [-0.1, -0.05) is 0 Å². The van der Waals surface area contributed by atoms with Crippen molar-refractivity contribution in [3.63, 3.8) is 0 Å². The summed E-state index contributed by atoms with van der Waals surface area (Å²) in [5, 5.41) is 0. The highest BCUT2D eigenvalue weighted by molar-refractivity contribution is 7.98. The molecule has 1 N–H and O–H groups in total. The van der Waals surface area contributed by atoms with Crippen LogP contribution in [-0.4, -0.2) is 19.9 Å². The Morgan fingerprint density at radius 1 is 1.25 bits per heavy atom. The molecule has 0 fully saturated rings. The molecule has 6 heteroatoms. The summed E-state index contributed by atoms with van der Waals surface area (Å²) in [7, 11) is 0. The second-order valence-electron chi connectivity index (χ2n) is 3.40. The second-order valence-corrected chi connectivity index (χ2v) is 4.39. The van der Waals surface area contributed by atoms with E-state index < -0.39 is 0 Å². The lowest BCUT2D eigenvalue weighted by molar-refractivity contribution is 0.998. The summed E-state index contributed by atoms with van der Waals surface area (Å²) in [6, 6.07) is 1.73. The van der Waals surface area contributed by atoms with Gasteiger partial charge in [-0.05, 0) is 6.07 Å². The molecule has 0 saturated heterocycles. The van der Waals surface area contributed by atoms with E-state index in [1.54, 1.807) is 30.2 Å². The number of fused-ring (bicyclic) bond motifs is 1. The van der Waals surface area contributed by atoms with Crippen LogP contribution in [0.25, 0.3) is 11.6 Å². The van der Waals surface area contributed by atoms with Crippen LogP contribution in [0.5, 0.6) is 0 Å². The standard InChI is InChI=1S/C10H8N4OS/c15-10-6-4-16-5-7(6)13-9(14-10)8-11-2-1-3-12-8/h1-3H,4-5H2,(H,13,14,15). The molecule has 0 unspecified atom stereocenters. The number of hydrogen-bond acceptors (Lipinski definition) is 5. The van der Waals surface area contributed by atoms with Crippen molar-refractivity contribution < 1.29 is 0 Å². The van der Waals surface area contributed by atoms with E-state index in [0.717, 1.165) is 22.8 Å². The smallest absolute Gasteiger partial charge is 0.255 e. The first kappa shape index (κ1) is 9.53. The molecule has 0 saturated carbocycles. The van der Waals surface area contributed by atoms with Gasteiger partial charge in [0.25, 0.3) is 5.56 Å². The Morgan fingerprint density at radius 3 is 2.88 bits per heavy atom. The van der Waals surface area contributed by atoms with Gasteiger partial charge in [0.05, 0.1) is 5.69 Å². The zero-order valence-corrected chi connectivity index (χ0v) is 9.12. The van der Waals surface area contributed by atoms with E-state index in [4.69, 9.17) is 0 Å². The summed E-state index contributed by atoms with van der Waals surface area (Å²) in [5.74, 6) is 2.44. The van der Waals surface area contributed by atoms with Crippen molar-refractivity contribution in [2.24, 2.45) is 0 Å². The van der Waals surface area contributed by atoms with Crippen LogP contribution in [0.2, 0.25) is 0 Å². The van der Waals surface area contributed by atoms with E-state index in [-0.39, 0.29) is 5.56 Å². The number of thioether (sulfide) groups is 1. The van der Waals surface area contributed by atoms with Gasteiger partial charge in [0.1, 0.15) is 0 Å². The summed E-state index contributed by atoms with van der Waals surface area (Å²) < 4.78 is 0. The first-order valence-corrected chi connectivity index (χ1v) is 5.97. The number of aromatic nitrogens is 4. The van der Waals surface area contributed by atoms with Crippen molar-refractivity contribution in [3.8, 4) is 11.6 Å². The molecule has 1 aliphatic heterocycles. The van der Waals surface area contributed by atoms with Crippen molar-refractivity contribution in [2.45, 2.75) is 11.5 Å². The van der Waals surface area contributed by atoms with Gasteiger partial charge in [0, 0.05) is 29.5 Å². The Hall–Kier alpha value is -1.69. The highest BCUT2D eigenvalue weighted by Crippen LogP contribution is 2.26. The lowest BCUT2D eigenvalue weighted by Gasteiger charge is -2.01. The van der Waals surface area contributed by atoms with Gasteiger partial charge >= 0.3 is 0 Å². The van der Waals surface area contributed by atoms with Gasteiger partial charge < -0.3 is 4.98 Å². The third kappa shape index (κ3) is 1.51. The van der Waals surface area contributed by atoms with Crippen molar-refractivity contribution >= 4 is 11.8 Å². The molecule has 80 valence electrons. The van der Waals surface area contributed by atoms with E-state index in [9.17, 15) is 4.79 Å². The molecule has 0 spiro atoms. The maximum atomic E-state index is 11.7. The van der Waals surface area contributed by atoms with Crippen molar-refractivity contribution in [3.05, 3.63) is 40.1 Å². The zero-order chi connectivity index (χ0) is 11.0. The molecule has 16 heavy (non-hydrogen) atoms. The van der Waals surface area contributed by atoms with Gasteiger partial charge in [-0.2, -0.15) is 11.8 Å². The van der Waals surface area contributed by atoms with Crippen LogP contribution in [-0.2, 0) is 11.5 Å². The summed E-state index contributed by atoms with van der Waals surface area (Å²) >= 11 is 1.70. The molecule has 0 aromatic carbocycles. The van der Waals surface area contributed by atoms with Crippen molar-refractivity contribution in [1.82, 2.24) is 19.9 Å². The minimum atomic E-state index is -0.0718. The molecule has 3 rings (SSSR count). The maximum Gasteiger partial charge on any atom is 0.255 e. The fourth-order valence-corrected chi connectivity index (χ4v) is 2.63. The van der Waals surface area contributed by atoms with Crippen LogP contribution in [0.4, 0.5) is 0 Å². The molecule has 0 amide bonds. The first-order chi connectivity index (χ1) is 7.84. The van der Waals surface area contributed by atoms with Crippen LogP contribution in [0.15, 0.2) is 23.3 Å². The largest absolute Gasteiger partial charge is 0.304 e. The molecule has 0 aliphatic carbocycles. The number of aromatic amines is 1. The second kappa shape index (κ2) is 3.71. The molecule has 5 nitrogen and oxygen atoms in total. The topological polar surface area (TPSA) is 71.5 Å². The quantitative estimate of drug-likeness (QED) is 0.793. The molecule has 0 bridgehead atoms. The van der Waals surface area contributed by atoms with Crippen LogP contribution in [0.1, 0.15) is 11.3 Å². The average Bonchev–Trinajstić information content (AvgIpc) is 2.79. The Kier molecular flexibility index (Phi) is 2.21. The normalized spacial score (nSPS) is 13.8. The Bertz CT molecular complexity index is 581. The fraction of sp³-hybridized carbons (Fsp3) is 0.200. The lowest BCUT2D eigenvalue weighted by Crippen LogP contribution is -2.15. The Labute approximate surface area is 95.4 Å². The van der Waals surface area contributed by atoms with Gasteiger partial charge in [0.2, 0.25) is 0 Å². The number of rotatable bonds is 1. The van der Waals surface area contributed by atoms with E-state index in [1.165, 1.54) is 0 Å².